The molecule has 0 bridgehead atoms. The molecule has 6 heteroatoms. The standard InChI is InChI=1S/C22H28N2O3S/c1-16(2)20(25)24-11-12-27-22(15-24,21(26)23(3)4)14-17-7-9-18(10-8-17)19-6-5-13-28-19/h5-10,13,16H,11-12,14-15H2,1-4H3. The largest absolute Gasteiger partial charge is 0.361 e. The summed E-state index contributed by atoms with van der Waals surface area (Å²) in [5.74, 6) is -0.140. The summed E-state index contributed by atoms with van der Waals surface area (Å²) in [7, 11) is 3.47. The Labute approximate surface area is 170 Å². The van der Waals surface area contributed by atoms with E-state index in [4.69, 9.17) is 4.74 Å². The average Bonchev–Trinajstić information content (AvgIpc) is 3.22. The summed E-state index contributed by atoms with van der Waals surface area (Å²) in [5, 5.41) is 2.06. The van der Waals surface area contributed by atoms with Crippen LogP contribution in [0.1, 0.15) is 19.4 Å². The maximum absolute atomic E-state index is 13.1. The van der Waals surface area contributed by atoms with Crippen LogP contribution in [0.25, 0.3) is 10.4 Å². The van der Waals surface area contributed by atoms with Gasteiger partial charge in [0.05, 0.1) is 13.2 Å². The van der Waals surface area contributed by atoms with Crippen LogP contribution < -0.4 is 0 Å². The molecule has 5 nitrogen and oxygen atoms in total. The van der Waals surface area contributed by atoms with Crippen molar-refractivity contribution < 1.29 is 14.3 Å². The first-order chi connectivity index (χ1) is 13.3. The molecule has 1 aromatic heterocycles. The summed E-state index contributed by atoms with van der Waals surface area (Å²) < 4.78 is 6.07. The first-order valence-electron chi connectivity index (χ1n) is 9.60. The Hall–Kier alpha value is -2.18. The fourth-order valence-corrected chi connectivity index (χ4v) is 4.35. The Morgan fingerprint density at radius 3 is 2.50 bits per heavy atom. The van der Waals surface area contributed by atoms with Gasteiger partial charge in [0, 0.05) is 37.9 Å². The molecule has 1 unspecified atom stereocenters. The van der Waals surface area contributed by atoms with Crippen molar-refractivity contribution in [3.05, 3.63) is 47.3 Å². The van der Waals surface area contributed by atoms with Gasteiger partial charge in [-0.2, -0.15) is 0 Å². The third kappa shape index (κ3) is 4.28. The Kier molecular flexibility index (Phi) is 6.20. The molecular weight excluding hydrogens is 372 g/mol. The summed E-state index contributed by atoms with van der Waals surface area (Å²) in [6, 6.07) is 12.4. The van der Waals surface area contributed by atoms with E-state index in [-0.39, 0.29) is 24.3 Å². The van der Waals surface area contributed by atoms with Crippen LogP contribution in [0.4, 0.5) is 0 Å². The zero-order valence-corrected chi connectivity index (χ0v) is 17.8. The number of ether oxygens (including phenoxy) is 1. The van der Waals surface area contributed by atoms with E-state index in [9.17, 15) is 9.59 Å². The molecule has 0 radical (unpaired) electrons. The van der Waals surface area contributed by atoms with Crippen molar-refractivity contribution >= 4 is 23.2 Å². The topological polar surface area (TPSA) is 49.9 Å². The van der Waals surface area contributed by atoms with Crippen molar-refractivity contribution in [2.75, 3.05) is 33.8 Å². The van der Waals surface area contributed by atoms with E-state index in [0.717, 1.165) is 11.1 Å². The molecule has 28 heavy (non-hydrogen) atoms. The van der Waals surface area contributed by atoms with Gasteiger partial charge in [-0.3, -0.25) is 9.59 Å². The van der Waals surface area contributed by atoms with Gasteiger partial charge in [0.2, 0.25) is 5.91 Å². The molecule has 0 saturated carbocycles. The third-order valence-electron chi connectivity index (χ3n) is 5.04. The molecule has 2 amide bonds. The molecule has 2 heterocycles. The number of morpholine rings is 1. The highest BCUT2D eigenvalue weighted by Gasteiger charge is 2.46. The summed E-state index contributed by atoms with van der Waals surface area (Å²) >= 11 is 1.70. The van der Waals surface area contributed by atoms with Crippen molar-refractivity contribution in [3.63, 3.8) is 0 Å². The lowest BCUT2D eigenvalue weighted by Gasteiger charge is -2.43. The first-order valence-corrected chi connectivity index (χ1v) is 10.5. The number of hydrogen-bond donors (Lipinski definition) is 0. The Bertz CT molecular complexity index is 815. The van der Waals surface area contributed by atoms with Crippen molar-refractivity contribution in [2.45, 2.75) is 25.9 Å². The molecule has 1 aromatic carbocycles. The molecule has 0 N–H and O–H groups in total. The van der Waals surface area contributed by atoms with E-state index in [0.29, 0.717) is 19.6 Å². The second-order valence-corrected chi connectivity index (χ2v) is 8.76. The number of nitrogens with zero attached hydrogens (tertiary/aromatic N) is 2. The monoisotopic (exact) mass is 400 g/mol. The number of carbonyl (C=O) groups excluding carboxylic acids is 2. The first kappa shape index (κ1) is 20.6. The number of carbonyl (C=O) groups is 2. The van der Waals surface area contributed by atoms with E-state index in [1.807, 2.05) is 32.0 Å². The number of likely N-dealkylation sites (N-methyl/N-ethyl adjacent to an activating group) is 1. The minimum atomic E-state index is -1.04. The van der Waals surface area contributed by atoms with Crippen LogP contribution in [0.3, 0.4) is 0 Å². The van der Waals surface area contributed by atoms with Gasteiger partial charge >= 0.3 is 0 Å². The van der Waals surface area contributed by atoms with Crippen molar-refractivity contribution in [3.8, 4) is 10.4 Å². The number of thiophene rings is 1. The average molecular weight is 401 g/mol. The lowest BCUT2D eigenvalue weighted by atomic mass is 9.90. The second kappa shape index (κ2) is 8.45. The summed E-state index contributed by atoms with van der Waals surface area (Å²) in [5.41, 5.74) is 1.14. The maximum atomic E-state index is 13.1. The molecule has 2 aromatic rings. The summed E-state index contributed by atoms with van der Waals surface area (Å²) in [4.78, 5) is 30.2. The van der Waals surface area contributed by atoms with Crippen LogP contribution in [-0.2, 0) is 20.7 Å². The van der Waals surface area contributed by atoms with Gasteiger partial charge in [-0.1, -0.05) is 44.2 Å². The predicted octanol–water partition coefficient (Wildman–Crippen LogP) is 3.30. The van der Waals surface area contributed by atoms with Crippen LogP contribution in [0.15, 0.2) is 41.8 Å². The van der Waals surface area contributed by atoms with Crippen LogP contribution >= 0.6 is 11.3 Å². The molecule has 1 aliphatic rings. The molecule has 0 aliphatic carbocycles. The second-order valence-electron chi connectivity index (χ2n) is 7.81. The van der Waals surface area contributed by atoms with Gasteiger partial charge in [0.1, 0.15) is 0 Å². The van der Waals surface area contributed by atoms with Crippen LogP contribution in [0.2, 0.25) is 0 Å². The molecule has 1 fully saturated rings. The van der Waals surface area contributed by atoms with Gasteiger partial charge in [-0.05, 0) is 22.6 Å². The molecular formula is C22H28N2O3S. The highest BCUT2D eigenvalue weighted by atomic mass is 32.1. The number of hydrogen-bond acceptors (Lipinski definition) is 4. The Balaban J connectivity index is 1.86. The van der Waals surface area contributed by atoms with E-state index >= 15 is 0 Å². The number of benzene rings is 1. The van der Waals surface area contributed by atoms with Gasteiger partial charge in [0.15, 0.2) is 5.60 Å². The Morgan fingerprint density at radius 2 is 1.93 bits per heavy atom. The fourth-order valence-electron chi connectivity index (χ4n) is 3.62. The van der Waals surface area contributed by atoms with Gasteiger partial charge in [-0.15, -0.1) is 11.3 Å². The lowest BCUT2D eigenvalue weighted by Crippen LogP contribution is -2.62. The molecule has 0 spiro atoms. The quantitative estimate of drug-likeness (QED) is 0.774. The van der Waals surface area contributed by atoms with E-state index in [2.05, 4.69) is 23.6 Å². The van der Waals surface area contributed by atoms with Gasteiger partial charge < -0.3 is 14.5 Å². The molecule has 150 valence electrons. The molecule has 1 saturated heterocycles. The lowest BCUT2D eigenvalue weighted by molar-refractivity contribution is -0.173. The highest BCUT2D eigenvalue weighted by Crippen LogP contribution is 2.29. The van der Waals surface area contributed by atoms with Crippen molar-refractivity contribution in [1.82, 2.24) is 9.80 Å². The highest BCUT2D eigenvalue weighted by molar-refractivity contribution is 7.13. The van der Waals surface area contributed by atoms with Crippen molar-refractivity contribution in [1.29, 1.82) is 0 Å². The SMILES string of the molecule is CC(C)C(=O)N1CCOC(Cc2ccc(-c3cccs3)cc2)(C(=O)N(C)C)C1. The number of amides is 2. The van der Waals surface area contributed by atoms with Gasteiger partial charge in [-0.25, -0.2) is 0 Å². The Morgan fingerprint density at radius 1 is 1.21 bits per heavy atom. The van der Waals surface area contributed by atoms with E-state index < -0.39 is 5.60 Å². The van der Waals surface area contributed by atoms with Gasteiger partial charge in [0.25, 0.3) is 5.91 Å². The number of rotatable bonds is 5. The minimum Gasteiger partial charge on any atom is -0.361 e. The molecule has 3 rings (SSSR count). The summed E-state index contributed by atoms with van der Waals surface area (Å²) in [6.45, 7) is 4.95. The third-order valence-corrected chi connectivity index (χ3v) is 5.96. The fraction of sp³-hybridized carbons (Fsp3) is 0.455. The van der Waals surface area contributed by atoms with E-state index in [1.165, 1.54) is 4.88 Å². The summed E-state index contributed by atoms with van der Waals surface area (Å²) in [6.07, 6.45) is 0.441. The normalized spacial score (nSPS) is 19.7. The molecule has 1 atom stereocenters. The zero-order valence-electron chi connectivity index (χ0n) is 17.0. The van der Waals surface area contributed by atoms with Crippen LogP contribution in [0.5, 0.6) is 0 Å². The molecule has 1 aliphatic heterocycles. The van der Waals surface area contributed by atoms with Crippen molar-refractivity contribution in [2.24, 2.45) is 5.92 Å². The maximum Gasteiger partial charge on any atom is 0.256 e. The van der Waals surface area contributed by atoms with Crippen LogP contribution in [0, 0.1) is 5.92 Å². The predicted molar refractivity (Wildman–Crippen MR) is 112 cm³/mol. The minimum absolute atomic E-state index is 0.0623. The zero-order chi connectivity index (χ0) is 20.3. The van der Waals surface area contributed by atoms with Crippen LogP contribution in [-0.4, -0.2) is 61.0 Å². The van der Waals surface area contributed by atoms with E-state index in [1.54, 1.807) is 35.2 Å². The smallest absolute Gasteiger partial charge is 0.256 e.